The highest BCUT2D eigenvalue weighted by atomic mass is 15.2. The van der Waals surface area contributed by atoms with Crippen molar-refractivity contribution in [1.82, 2.24) is 10.2 Å². The van der Waals surface area contributed by atoms with Gasteiger partial charge in [0.15, 0.2) is 0 Å². The van der Waals surface area contributed by atoms with Gasteiger partial charge in [-0.05, 0) is 18.4 Å². The van der Waals surface area contributed by atoms with E-state index in [4.69, 9.17) is 0 Å². The van der Waals surface area contributed by atoms with Crippen LogP contribution in [-0.4, -0.2) is 16.2 Å². The van der Waals surface area contributed by atoms with E-state index in [0.717, 1.165) is 11.5 Å². The maximum Gasteiger partial charge on any atom is 0.148 e. The van der Waals surface area contributed by atoms with Gasteiger partial charge in [-0.15, -0.1) is 0 Å². The molecule has 2 N–H and O–H groups in total. The fourth-order valence-electron chi connectivity index (χ4n) is 2.62. The van der Waals surface area contributed by atoms with Gasteiger partial charge in [0.05, 0.1) is 5.69 Å². The van der Waals surface area contributed by atoms with Gasteiger partial charge < -0.3 is 5.32 Å². The number of H-pyrrole nitrogens is 1. The van der Waals surface area contributed by atoms with Crippen molar-refractivity contribution >= 4 is 5.82 Å². The number of nitrogens with zero attached hydrogens (tertiary/aromatic N) is 1. The number of rotatable bonds is 3. The third-order valence-electron chi connectivity index (χ3n) is 3.62. The van der Waals surface area contributed by atoms with E-state index in [1.807, 2.05) is 18.2 Å². The first-order valence-electron chi connectivity index (χ1n) is 6.79. The molecule has 3 rings (SSSR count). The van der Waals surface area contributed by atoms with Crippen LogP contribution in [0, 0.1) is 0 Å². The Labute approximate surface area is 108 Å². The lowest BCUT2D eigenvalue weighted by molar-refractivity contribution is 0.462. The molecule has 1 aromatic heterocycles. The summed E-state index contributed by atoms with van der Waals surface area (Å²) in [5.74, 6) is 0.973. The molecule has 2 aromatic rings. The lowest BCUT2D eigenvalue weighted by Crippen LogP contribution is -2.22. The maximum absolute atomic E-state index is 4.35. The third kappa shape index (κ3) is 2.55. The zero-order valence-electron chi connectivity index (χ0n) is 10.5. The second kappa shape index (κ2) is 5.25. The van der Waals surface area contributed by atoms with Crippen molar-refractivity contribution in [3.63, 3.8) is 0 Å². The third-order valence-corrected chi connectivity index (χ3v) is 3.62. The topological polar surface area (TPSA) is 40.7 Å². The lowest BCUT2D eigenvalue weighted by Gasteiger charge is -2.22. The fraction of sp³-hybridized carbons (Fsp3) is 0.400. The number of aromatic amines is 1. The molecule has 1 heterocycles. The molecular weight excluding hydrogens is 222 g/mol. The second-order valence-electron chi connectivity index (χ2n) is 5.01. The summed E-state index contributed by atoms with van der Waals surface area (Å²) >= 11 is 0. The van der Waals surface area contributed by atoms with Gasteiger partial charge in [0.1, 0.15) is 5.82 Å². The van der Waals surface area contributed by atoms with Crippen molar-refractivity contribution in [2.45, 2.75) is 38.1 Å². The van der Waals surface area contributed by atoms with Crippen molar-refractivity contribution in [2.75, 3.05) is 5.32 Å². The number of anilines is 1. The molecule has 1 aliphatic carbocycles. The van der Waals surface area contributed by atoms with Crippen LogP contribution in [0.15, 0.2) is 36.4 Å². The van der Waals surface area contributed by atoms with Crippen LogP contribution in [0.3, 0.4) is 0 Å². The summed E-state index contributed by atoms with van der Waals surface area (Å²) < 4.78 is 0. The van der Waals surface area contributed by atoms with Crippen LogP contribution in [0.4, 0.5) is 5.82 Å². The Morgan fingerprint density at radius 1 is 1.06 bits per heavy atom. The van der Waals surface area contributed by atoms with Gasteiger partial charge >= 0.3 is 0 Å². The van der Waals surface area contributed by atoms with E-state index < -0.39 is 0 Å². The smallest absolute Gasteiger partial charge is 0.148 e. The summed E-state index contributed by atoms with van der Waals surface area (Å²) in [6.45, 7) is 0. The van der Waals surface area contributed by atoms with E-state index in [1.165, 1.54) is 37.7 Å². The van der Waals surface area contributed by atoms with Crippen LogP contribution >= 0.6 is 0 Å². The molecule has 0 spiro atoms. The average molecular weight is 241 g/mol. The van der Waals surface area contributed by atoms with Crippen LogP contribution in [0.5, 0.6) is 0 Å². The van der Waals surface area contributed by atoms with Crippen molar-refractivity contribution in [1.29, 1.82) is 0 Å². The monoisotopic (exact) mass is 241 g/mol. The summed E-state index contributed by atoms with van der Waals surface area (Å²) in [6.07, 6.45) is 6.61. The first-order valence-corrected chi connectivity index (χ1v) is 6.79. The molecule has 1 aromatic carbocycles. The van der Waals surface area contributed by atoms with Crippen molar-refractivity contribution < 1.29 is 0 Å². The molecule has 0 atom stereocenters. The van der Waals surface area contributed by atoms with Crippen LogP contribution in [0.1, 0.15) is 32.1 Å². The molecule has 0 saturated heterocycles. The summed E-state index contributed by atoms with van der Waals surface area (Å²) in [6, 6.07) is 13.0. The Morgan fingerprint density at radius 3 is 2.61 bits per heavy atom. The maximum atomic E-state index is 4.35. The zero-order valence-corrected chi connectivity index (χ0v) is 10.5. The van der Waals surface area contributed by atoms with Gasteiger partial charge in [-0.2, -0.15) is 5.10 Å². The van der Waals surface area contributed by atoms with Gasteiger partial charge in [0, 0.05) is 12.1 Å². The Kier molecular flexibility index (Phi) is 3.31. The fourth-order valence-corrected chi connectivity index (χ4v) is 2.62. The highest BCUT2D eigenvalue weighted by Crippen LogP contribution is 2.23. The second-order valence-corrected chi connectivity index (χ2v) is 5.01. The zero-order chi connectivity index (χ0) is 12.2. The van der Waals surface area contributed by atoms with Gasteiger partial charge in [0.2, 0.25) is 0 Å². The molecule has 0 bridgehead atoms. The number of hydrogen-bond acceptors (Lipinski definition) is 2. The number of aromatic nitrogens is 2. The van der Waals surface area contributed by atoms with E-state index in [1.54, 1.807) is 0 Å². The molecule has 3 heteroatoms. The number of hydrogen-bond donors (Lipinski definition) is 2. The molecule has 18 heavy (non-hydrogen) atoms. The van der Waals surface area contributed by atoms with Crippen LogP contribution in [0.25, 0.3) is 11.3 Å². The number of nitrogens with one attached hydrogen (secondary N) is 2. The molecule has 0 unspecified atom stereocenters. The standard InChI is InChI=1S/C15H19N3/c1-3-7-12(8-4-1)14-11-15(18-17-14)16-13-9-5-2-6-10-13/h1,3-4,7-8,11,13H,2,5-6,9-10H2,(H2,16,17,18). The Morgan fingerprint density at radius 2 is 1.83 bits per heavy atom. The minimum atomic E-state index is 0.602. The predicted molar refractivity (Wildman–Crippen MR) is 74.5 cm³/mol. The van der Waals surface area contributed by atoms with Crippen molar-refractivity contribution in [2.24, 2.45) is 0 Å². The van der Waals surface area contributed by atoms with Gasteiger partial charge in [-0.25, -0.2) is 0 Å². The Bertz CT molecular complexity index is 483. The molecule has 0 radical (unpaired) electrons. The molecule has 1 saturated carbocycles. The minimum Gasteiger partial charge on any atom is -0.366 e. The van der Waals surface area contributed by atoms with Crippen LogP contribution in [0.2, 0.25) is 0 Å². The lowest BCUT2D eigenvalue weighted by atomic mass is 9.95. The molecule has 1 fully saturated rings. The quantitative estimate of drug-likeness (QED) is 0.857. The van der Waals surface area contributed by atoms with E-state index in [-0.39, 0.29) is 0 Å². The van der Waals surface area contributed by atoms with Crippen LogP contribution < -0.4 is 5.32 Å². The highest BCUT2D eigenvalue weighted by Gasteiger charge is 2.14. The minimum absolute atomic E-state index is 0.602. The van der Waals surface area contributed by atoms with E-state index in [2.05, 4.69) is 33.7 Å². The summed E-state index contributed by atoms with van der Waals surface area (Å²) in [5, 5.41) is 11.0. The molecule has 0 aliphatic heterocycles. The molecule has 94 valence electrons. The van der Waals surface area contributed by atoms with E-state index in [0.29, 0.717) is 6.04 Å². The Hall–Kier alpha value is -1.77. The van der Waals surface area contributed by atoms with Gasteiger partial charge in [0.25, 0.3) is 0 Å². The first-order chi connectivity index (χ1) is 8.92. The molecular formula is C15H19N3. The largest absolute Gasteiger partial charge is 0.366 e. The summed E-state index contributed by atoms with van der Waals surface area (Å²) in [4.78, 5) is 0. The van der Waals surface area contributed by atoms with Crippen LogP contribution in [-0.2, 0) is 0 Å². The summed E-state index contributed by atoms with van der Waals surface area (Å²) in [7, 11) is 0. The van der Waals surface area contributed by atoms with Crippen molar-refractivity contribution in [3.8, 4) is 11.3 Å². The average Bonchev–Trinajstić information content (AvgIpc) is 2.89. The highest BCUT2D eigenvalue weighted by molar-refractivity contribution is 5.62. The van der Waals surface area contributed by atoms with E-state index >= 15 is 0 Å². The molecule has 1 aliphatic rings. The first kappa shape index (κ1) is 11.3. The predicted octanol–water partition coefficient (Wildman–Crippen LogP) is 3.82. The molecule has 0 amide bonds. The van der Waals surface area contributed by atoms with Gasteiger partial charge in [-0.1, -0.05) is 49.6 Å². The SMILES string of the molecule is c1ccc(-c2cc(NC3CCCCC3)n[nH]2)cc1. The van der Waals surface area contributed by atoms with E-state index in [9.17, 15) is 0 Å². The van der Waals surface area contributed by atoms with Crippen molar-refractivity contribution in [3.05, 3.63) is 36.4 Å². The Balaban J connectivity index is 1.69. The molecule has 3 nitrogen and oxygen atoms in total. The van der Waals surface area contributed by atoms with Gasteiger partial charge in [-0.3, -0.25) is 5.10 Å². The summed E-state index contributed by atoms with van der Waals surface area (Å²) in [5.41, 5.74) is 2.26. The normalized spacial score (nSPS) is 16.7. The number of benzene rings is 1.